The molecular formula is C11H12N2O5. The molecule has 0 heterocycles. The Hall–Kier alpha value is -2.83. The van der Waals surface area contributed by atoms with E-state index in [1.54, 1.807) is 12.1 Å². The topological polar surface area (TPSA) is 130 Å². The van der Waals surface area contributed by atoms with Crippen molar-refractivity contribution in [3.63, 3.8) is 0 Å². The van der Waals surface area contributed by atoms with Crippen LogP contribution in [0.5, 0.6) is 0 Å². The SMILES string of the molecule is NC(=O)Nc1ccccc1.O=C(O)/C=C/C(=O)O. The van der Waals surface area contributed by atoms with Gasteiger partial charge in [-0.3, -0.25) is 0 Å². The summed E-state index contributed by atoms with van der Waals surface area (Å²) in [5.41, 5.74) is 5.59. The van der Waals surface area contributed by atoms with E-state index in [1.807, 2.05) is 18.2 Å². The third-order valence-corrected chi connectivity index (χ3v) is 1.41. The minimum atomic E-state index is -1.26. The summed E-state index contributed by atoms with van der Waals surface area (Å²) in [6, 6.07) is 8.52. The minimum absolute atomic E-state index is 0.536. The Labute approximate surface area is 103 Å². The Kier molecular flexibility index (Phi) is 7.03. The van der Waals surface area contributed by atoms with Crippen molar-refractivity contribution >= 4 is 23.7 Å². The molecule has 0 aliphatic carbocycles. The van der Waals surface area contributed by atoms with Gasteiger partial charge in [0.15, 0.2) is 0 Å². The molecule has 0 atom stereocenters. The van der Waals surface area contributed by atoms with Gasteiger partial charge in [0, 0.05) is 17.8 Å². The van der Waals surface area contributed by atoms with E-state index in [-0.39, 0.29) is 0 Å². The molecule has 0 aliphatic heterocycles. The fourth-order valence-electron chi connectivity index (χ4n) is 0.806. The van der Waals surface area contributed by atoms with Crippen LogP contribution in [-0.4, -0.2) is 28.2 Å². The summed E-state index contributed by atoms with van der Waals surface area (Å²) < 4.78 is 0. The highest BCUT2D eigenvalue weighted by molar-refractivity contribution is 5.89. The Morgan fingerprint density at radius 2 is 1.44 bits per heavy atom. The molecule has 1 aromatic carbocycles. The lowest BCUT2D eigenvalue weighted by Gasteiger charge is -1.97. The fraction of sp³-hybridized carbons (Fsp3) is 0. The first-order valence-electron chi connectivity index (χ1n) is 4.67. The molecule has 0 fully saturated rings. The van der Waals surface area contributed by atoms with E-state index in [4.69, 9.17) is 15.9 Å². The van der Waals surface area contributed by atoms with Gasteiger partial charge in [0.2, 0.25) is 0 Å². The third kappa shape index (κ3) is 9.71. The van der Waals surface area contributed by atoms with E-state index >= 15 is 0 Å². The van der Waals surface area contributed by atoms with Crippen LogP contribution in [0, 0.1) is 0 Å². The van der Waals surface area contributed by atoms with Gasteiger partial charge in [-0.1, -0.05) is 18.2 Å². The second-order valence-electron chi connectivity index (χ2n) is 2.87. The molecular weight excluding hydrogens is 240 g/mol. The van der Waals surface area contributed by atoms with Gasteiger partial charge in [-0.15, -0.1) is 0 Å². The van der Waals surface area contributed by atoms with Crippen molar-refractivity contribution in [1.29, 1.82) is 0 Å². The number of primary amides is 1. The Balaban J connectivity index is 0.000000331. The number of amides is 2. The molecule has 0 aliphatic rings. The van der Waals surface area contributed by atoms with E-state index in [9.17, 15) is 14.4 Å². The number of anilines is 1. The van der Waals surface area contributed by atoms with Gasteiger partial charge in [0.05, 0.1) is 0 Å². The number of rotatable bonds is 3. The first-order valence-corrected chi connectivity index (χ1v) is 4.67. The molecule has 0 saturated heterocycles. The number of para-hydroxylation sites is 1. The van der Waals surface area contributed by atoms with Crippen LogP contribution in [0.3, 0.4) is 0 Å². The zero-order valence-electron chi connectivity index (χ0n) is 9.24. The van der Waals surface area contributed by atoms with Crippen LogP contribution in [0.25, 0.3) is 0 Å². The second kappa shape index (κ2) is 8.34. The largest absolute Gasteiger partial charge is 0.478 e. The van der Waals surface area contributed by atoms with Crippen LogP contribution < -0.4 is 11.1 Å². The van der Waals surface area contributed by atoms with E-state index in [2.05, 4.69) is 5.32 Å². The van der Waals surface area contributed by atoms with Crippen LogP contribution >= 0.6 is 0 Å². The molecule has 5 N–H and O–H groups in total. The molecule has 0 saturated carbocycles. The van der Waals surface area contributed by atoms with Crippen LogP contribution in [0.4, 0.5) is 10.5 Å². The lowest BCUT2D eigenvalue weighted by Crippen LogP contribution is -2.18. The summed E-state index contributed by atoms with van der Waals surface area (Å²) in [5, 5.41) is 18.1. The van der Waals surface area contributed by atoms with Crippen molar-refractivity contribution in [2.45, 2.75) is 0 Å². The maximum atomic E-state index is 10.3. The molecule has 96 valence electrons. The molecule has 18 heavy (non-hydrogen) atoms. The van der Waals surface area contributed by atoms with Crippen LogP contribution in [0.15, 0.2) is 42.5 Å². The van der Waals surface area contributed by atoms with Gasteiger partial charge < -0.3 is 21.3 Å². The number of carbonyl (C=O) groups excluding carboxylic acids is 1. The number of benzene rings is 1. The second-order valence-corrected chi connectivity index (χ2v) is 2.87. The predicted molar refractivity (Wildman–Crippen MR) is 64.1 cm³/mol. The van der Waals surface area contributed by atoms with E-state index < -0.39 is 18.0 Å². The van der Waals surface area contributed by atoms with Crippen molar-refractivity contribution in [3.05, 3.63) is 42.5 Å². The van der Waals surface area contributed by atoms with Gasteiger partial charge >= 0.3 is 18.0 Å². The summed E-state index contributed by atoms with van der Waals surface area (Å²) in [6.07, 6.45) is 1.12. The normalized spacial score (nSPS) is 9.11. The highest BCUT2D eigenvalue weighted by Gasteiger charge is 1.90. The molecule has 0 radical (unpaired) electrons. The van der Waals surface area contributed by atoms with E-state index in [0.717, 1.165) is 5.69 Å². The molecule has 0 bridgehead atoms. The number of hydrogen-bond donors (Lipinski definition) is 4. The quantitative estimate of drug-likeness (QED) is 0.593. The van der Waals surface area contributed by atoms with Crippen LogP contribution in [-0.2, 0) is 9.59 Å². The monoisotopic (exact) mass is 252 g/mol. The predicted octanol–water partition coefficient (Wildman–Crippen LogP) is 0.889. The van der Waals surface area contributed by atoms with Crippen molar-refractivity contribution in [2.75, 3.05) is 5.32 Å². The van der Waals surface area contributed by atoms with Crippen LogP contribution in [0.2, 0.25) is 0 Å². The first kappa shape index (κ1) is 15.2. The van der Waals surface area contributed by atoms with Crippen molar-refractivity contribution in [2.24, 2.45) is 5.73 Å². The standard InChI is InChI=1S/C7H8N2O.C4H4O4/c8-7(10)9-6-4-2-1-3-5-6;5-3(6)1-2-4(7)8/h1-5H,(H3,8,9,10);1-2H,(H,5,6)(H,7,8)/b;2-1+. The van der Waals surface area contributed by atoms with Gasteiger partial charge in [0.1, 0.15) is 0 Å². The van der Waals surface area contributed by atoms with E-state index in [1.165, 1.54) is 0 Å². The molecule has 0 unspecified atom stereocenters. The zero-order chi connectivity index (χ0) is 14.0. The third-order valence-electron chi connectivity index (χ3n) is 1.41. The maximum Gasteiger partial charge on any atom is 0.328 e. The van der Waals surface area contributed by atoms with Gasteiger partial charge in [-0.05, 0) is 12.1 Å². The van der Waals surface area contributed by atoms with Gasteiger partial charge in [0.25, 0.3) is 0 Å². The number of nitrogens with two attached hydrogens (primary N) is 1. The Morgan fingerprint density at radius 1 is 1.00 bits per heavy atom. The Morgan fingerprint density at radius 3 is 1.78 bits per heavy atom. The average Bonchev–Trinajstić information content (AvgIpc) is 2.28. The number of nitrogens with one attached hydrogen (secondary N) is 1. The lowest BCUT2D eigenvalue weighted by molar-refractivity contribution is -0.134. The Bertz CT molecular complexity index is 426. The first-order chi connectivity index (χ1) is 8.41. The number of carbonyl (C=O) groups is 3. The molecule has 7 heteroatoms. The molecule has 7 nitrogen and oxygen atoms in total. The summed E-state index contributed by atoms with van der Waals surface area (Å²) in [6.45, 7) is 0. The van der Waals surface area contributed by atoms with Crippen LogP contribution in [0.1, 0.15) is 0 Å². The lowest BCUT2D eigenvalue weighted by atomic mass is 10.3. The van der Waals surface area contributed by atoms with Gasteiger partial charge in [-0.2, -0.15) is 0 Å². The fourth-order valence-corrected chi connectivity index (χ4v) is 0.806. The number of aliphatic carboxylic acids is 2. The number of carboxylic acids is 2. The summed E-state index contributed by atoms with van der Waals surface area (Å²) in [4.78, 5) is 29.4. The van der Waals surface area contributed by atoms with Crippen molar-refractivity contribution in [3.8, 4) is 0 Å². The van der Waals surface area contributed by atoms with E-state index in [0.29, 0.717) is 12.2 Å². The number of hydrogen-bond acceptors (Lipinski definition) is 3. The van der Waals surface area contributed by atoms with Gasteiger partial charge in [-0.25, -0.2) is 14.4 Å². The summed E-state index contributed by atoms with van der Waals surface area (Å²) in [7, 11) is 0. The highest BCUT2D eigenvalue weighted by atomic mass is 16.4. The molecule has 1 rings (SSSR count). The zero-order valence-corrected chi connectivity index (χ0v) is 9.24. The van der Waals surface area contributed by atoms with Crippen molar-refractivity contribution < 1.29 is 24.6 Å². The smallest absolute Gasteiger partial charge is 0.328 e. The highest BCUT2D eigenvalue weighted by Crippen LogP contribution is 2.03. The number of urea groups is 1. The summed E-state index contributed by atoms with van der Waals surface area (Å²) >= 11 is 0. The number of carboxylic acid groups (broad SMARTS) is 2. The molecule has 1 aromatic rings. The molecule has 2 amide bonds. The average molecular weight is 252 g/mol. The molecule has 0 spiro atoms. The van der Waals surface area contributed by atoms with Crippen molar-refractivity contribution in [1.82, 2.24) is 0 Å². The minimum Gasteiger partial charge on any atom is -0.478 e. The molecule has 0 aromatic heterocycles. The summed E-state index contributed by atoms with van der Waals surface area (Å²) in [5.74, 6) is -2.51. The maximum absolute atomic E-state index is 10.3.